The van der Waals surface area contributed by atoms with Gasteiger partial charge in [0.25, 0.3) is 5.56 Å². The van der Waals surface area contributed by atoms with E-state index in [-0.39, 0.29) is 17.2 Å². The van der Waals surface area contributed by atoms with Crippen molar-refractivity contribution in [1.29, 1.82) is 0 Å². The summed E-state index contributed by atoms with van der Waals surface area (Å²) >= 11 is 1.15. The Balaban J connectivity index is 1.29. The number of rotatable bonds is 7. The van der Waals surface area contributed by atoms with Crippen LogP contribution < -0.4 is 10.9 Å². The monoisotopic (exact) mass is 471 g/mol. The number of hydrogen-bond acceptors (Lipinski definition) is 6. The predicted octanol–water partition coefficient (Wildman–Crippen LogP) is 3.39. The van der Waals surface area contributed by atoms with Crippen molar-refractivity contribution in [2.45, 2.75) is 18.6 Å². The number of carbonyl (C=O) groups excluding carboxylic acids is 1. The number of aryl methyl sites for hydroxylation is 1. The molecule has 0 fully saturated rings. The Morgan fingerprint density at radius 1 is 1.09 bits per heavy atom. The van der Waals surface area contributed by atoms with Crippen molar-refractivity contribution in [3.63, 3.8) is 0 Å². The van der Waals surface area contributed by atoms with Crippen molar-refractivity contribution < 1.29 is 4.79 Å². The number of carbonyl (C=O) groups is 1. The van der Waals surface area contributed by atoms with Crippen LogP contribution in [0.5, 0.6) is 0 Å². The van der Waals surface area contributed by atoms with Crippen LogP contribution in [0, 0.1) is 6.92 Å². The van der Waals surface area contributed by atoms with Crippen molar-refractivity contribution in [1.82, 2.24) is 29.5 Å². The van der Waals surface area contributed by atoms with Crippen LogP contribution in [0.2, 0.25) is 0 Å². The summed E-state index contributed by atoms with van der Waals surface area (Å²) in [6.45, 7) is 2.58. The van der Waals surface area contributed by atoms with E-state index >= 15 is 0 Å². The fourth-order valence-electron chi connectivity index (χ4n) is 3.59. The number of H-pyrrole nitrogens is 1. The Kier molecular flexibility index (Phi) is 5.96. The van der Waals surface area contributed by atoms with E-state index in [2.05, 4.69) is 31.5 Å². The van der Waals surface area contributed by atoms with Crippen LogP contribution in [0.4, 0.5) is 5.82 Å². The molecule has 0 saturated heterocycles. The number of aromatic nitrogens is 6. The van der Waals surface area contributed by atoms with Gasteiger partial charge < -0.3 is 10.3 Å². The Labute approximate surface area is 198 Å². The van der Waals surface area contributed by atoms with Crippen molar-refractivity contribution in [3.8, 4) is 5.69 Å². The van der Waals surface area contributed by atoms with E-state index in [0.717, 1.165) is 23.0 Å². The predicted molar refractivity (Wildman–Crippen MR) is 131 cm³/mol. The van der Waals surface area contributed by atoms with E-state index in [0.29, 0.717) is 28.6 Å². The third-order valence-electron chi connectivity index (χ3n) is 5.16. The van der Waals surface area contributed by atoms with Crippen LogP contribution in [0.3, 0.4) is 0 Å². The molecule has 34 heavy (non-hydrogen) atoms. The summed E-state index contributed by atoms with van der Waals surface area (Å²) in [5, 5.41) is 12.2. The van der Waals surface area contributed by atoms with Crippen LogP contribution in [-0.2, 0) is 11.3 Å². The Bertz CT molecular complexity index is 1520. The number of hydrogen-bond donors (Lipinski definition) is 2. The zero-order valence-corrected chi connectivity index (χ0v) is 19.1. The Hall–Kier alpha value is -4.18. The summed E-state index contributed by atoms with van der Waals surface area (Å²) in [7, 11) is 0. The van der Waals surface area contributed by atoms with Gasteiger partial charge in [0, 0.05) is 6.07 Å². The zero-order chi connectivity index (χ0) is 23.5. The third-order valence-corrected chi connectivity index (χ3v) is 6.03. The average molecular weight is 472 g/mol. The number of para-hydroxylation sites is 1. The highest BCUT2D eigenvalue weighted by Gasteiger charge is 2.14. The Morgan fingerprint density at radius 2 is 1.94 bits per heavy atom. The second kappa shape index (κ2) is 9.36. The molecule has 1 amide bonds. The molecule has 0 spiro atoms. The standard InChI is InChI=1S/C24H21N7O2S/c1-16-6-5-7-17(12-16)14-30-20(10-11-25-30)27-21(32)15-34-24-28-22-19(23(33)29-24)13-26-31(22)18-8-3-2-4-9-18/h2-13H,14-15H2,1H3,(H,27,32)(H,28,29,33). The largest absolute Gasteiger partial charge is 0.310 e. The summed E-state index contributed by atoms with van der Waals surface area (Å²) in [5.41, 5.74) is 3.20. The molecule has 5 rings (SSSR count). The van der Waals surface area contributed by atoms with Gasteiger partial charge in [-0.05, 0) is 24.6 Å². The van der Waals surface area contributed by atoms with E-state index in [1.54, 1.807) is 21.6 Å². The molecule has 3 heterocycles. The molecule has 3 aromatic heterocycles. The summed E-state index contributed by atoms with van der Waals surface area (Å²) in [4.78, 5) is 32.4. The van der Waals surface area contributed by atoms with Gasteiger partial charge in [0.2, 0.25) is 5.91 Å². The van der Waals surface area contributed by atoms with Gasteiger partial charge in [-0.2, -0.15) is 10.2 Å². The summed E-state index contributed by atoms with van der Waals surface area (Å²) < 4.78 is 3.35. The van der Waals surface area contributed by atoms with Gasteiger partial charge in [-0.15, -0.1) is 0 Å². The number of aromatic amines is 1. The summed E-state index contributed by atoms with van der Waals surface area (Å²) in [6.07, 6.45) is 3.14. The van der Waals surface area contributed by atoms with Crippen LogP contribution in [0.25, 0.3) is 16.7 Å². The topological polar surface area (TPSA) is 110 Å². The molecular formula is C24H21N7O2S. The minimum absolute atomic E-state index is 0.0730. The molecular weight excluding hydrogens is 450 g/mol. The Morgan fingerprint density at radius 3 is 2.76 bits per heavy atom. The first-order chi connectivity index (χ1) is 16.6. The molecule has 0 unspecified atom stereocenters. The normalized spacial score (nSPS) is 11.1. The summed E-state index contributed by atoms with van der Waals surface area (Å²) in [6, 6.07) is 19.3. The van der Waals surface area contributed by atoms with Crippen LogP contribution in [0.15, 0.2) is 83.0 Å². The van der Waals surface area contributed by atoms with E-state index in [1.807, 2.05) is 55.5 Å². The fraction of sp³-hybridized carbons (Fsp3) is 0.125. The highest BCUT2D eigenvalue weighted by Crippen LogP contribution is 2.18. The molecule has 5 aromatic rings. The molecule has 2 aromatic carbocycles. The van der Waals surface area contributed by atoms with Crippen LogP contribution in [0.1, 0.15) is 11.1 Å². The maximum absolute atomic E-state index is 12.6. The van der Waals surface area contributed by atoms with Gasteiger partial charge in [0.05, 0.1) is 30.4 Å². The number of nitrogens with zero attached hydrogens (tertiary/aromatic N) is 5. The minimum atomic E-state index is -0.300. The number of amides is 1. The number of nitrogens with one attached hydrogen (secondary N) is 2. The lowest BCUT2D eigenvalue weighted by atomic mass is 10.1. The van der Waals surface area contributed by atoms with Gasteiger partial charge >= 0.3 is 0 Å². The van der Waals surface area contributed by atoms with E-state index < -0.39 is 0 Å². The zero-order valence-electron chi connectivity index (χ0n) is 18.3. The van der Waals surface area contributed by atoms with Gasteiger partial charge in [0.1, 0.15) is 11.2 Å². The highest BCUT2D eigenvalue weighted by atomic mass is 32.2. The maximum Gasteiger partial charge on any atom is 0.262 e. The molecule has 0 saturated carbocycles. The maximum atomic E-state index is 12.6. The lowest BCUT2D eigenvalue weighted by Gasteiger charge is -2.09. The average Bonchev–Trinajstić information content (AvgIpc) is 3.45. The first-order valence-electron chi connectivity index (χ1n) is 10.6. The number of fused-ring (bicyclic) bond motifs is 1. The van der Waals surface area contributed by atoms with Gasteiger partial charge in [-0.25, -0.2) is 14.3 Å². The van der Waals surface area contributed by atoms with Gasteiger partial charge in [-0.1, -0.05) is 59.8 Å². The molecule has 0 aliphatic rings. The molecule has 9 nitrogen and oxygen atoms in total. The lowest BCUT2D eigenvalue weighted by Crippen LogP contribution is -2.18. The lowest BCUT2D eigenvalue weighted by molar-refractivity contribution is -0.113. The number of benzene rings is 2. The second-order valence-electron chi connectivity index (χ2n) is 7.70. The summed E-state index contributed by atoms with van der Waals surface area (Å²) in [5.74, 6) is 0.449. The van der Waals surface area contributed by atoms with E-state index in [1.165, 1.54) is 11.8 Å². The molecule has 2 N–H and O–H groups in total. The van der Waals surface area contributed by atoms with Crippen LogP contribution in [-0.4, -0.2) is 41.2 Å². The van der Waals surface area contributed by atoms with Crippen molar-refractivity contribution in [3.05, 3.63) is 94.5 Å². The second-order valence-corrected chi connectivity index (χ2v) is 8.66. The fourth-order valence-corrected chi connectivity index (χ4v) is 4.24. The first-order valence-corrected chi connectivity index (χ1v) is 11.6. The molecule has 0 aliphatic carbocycles. The first kappa shape index (κ1) is 21.7. The minimum Gasteiger partial charge on any atom is -0.310 e. The van der Waals surface area contributed by atoms with E-state index in [9.17, 15) is 9.59 Å². The highest BCUT2D eigenvalue weighted by molar-refractivity contribution is 7.99. The quantitative estimate of drug-likeness (QED) is 0.278. The van der Waals surface area contributed by atoms with Crippen LogP contribution >= 0.6 is 11.8 Å². The molecule has 0 radical (unpaired) electrons. The number of thioether (sulfide) groups is 1. The molecule has 170 valence electrons. The molecule has 0 atom stereocenters. The number of anilines is 1. The SMILES string of the molecule is Cc1cccc(Cn2nccc2NC(=O)CSc2nc3c(cnn3-c3ccccc3)c(=O)[nH]2)c1. The van der Waals surface area contributed by atoms with Crippen molar-refractivity contribution in [2.75, 3.05) is 11.1 Å². The van der Waals surface area contributed by atoms with E-state index in [4.69, 9.17) is 0 Å². The van der Waals surface area contributed by atoms with Gasteiger partial charge in [-0.3, -0.25) is 9.59 Å². The molecule has 0 bridgehead atoms. The smallest absolute Gasteiger partial charge is 0.262 e. The molecule has 10 heteroatoms. The van der Waals surface area contributed by atoms with Crippen molar-refractivity contribution >= 4 is 34.5 Å². The van der Waals surface area contributed by atoms with Crippen molar-refractivity contribution in [2.24, 2.45) is 0 Å². The molecule has 0 aliphatic heterocycles. The van der Waals surface area contributed by atoms with Gasteiger partial charge in [0.15, 0.2) is 10.8 Å². The third kappa shape index (κ3) is 4.62.